The minimum Gasteiger partial charge on any atom is -0.481 e. The highest BCUT2D eigenvalue weighted by atomic mass is 16.4. The zero-order chi connectivity index (χ0) is 14.5. The molecule has 0 aromatic heterocycles. The summed E-state index contributed by atoms with van der Waals surface area (Å²) in [6.45, 7) is 3.17. The minimum absolute atomic E-state index is 0.0645. The molecule has 1 saturated heterocycles. The third kappa shape index (κ3) is 3.59. The van der Waals surface area contributed by atoms with Gasteiger partial charge in [0.05, 0.1) is 12.0 Å². The molecule has 6 nitrogen and oxygen atoms in total. The van der Waals surface area contributed by atoms with Gasteiger partial charge in [-0.05, 0) is 19.3 Å². The van der Waals surface area contributed by atoms with Crippen LogP contribution in [0.5, 0.6) is 0 Å². The molecule has 6 heteroatoms. The quantitative estimate of drug-likeness (QED) is 0.782. The first-order valence-corrected chi connectivity index (χ1v) is 6.81. The van der Waals surface area contributed by atoms with Crippen LogP contribution in [-0.4, -0.2) is 65.3 Å². The van der Waals surface area contributed by atoms with Crippen LogP contribution in [-0.2, 0) is 4.79 Å². The number of urea groups is 1. The number of piperidine rings is 1. The van der Waals surface area contributed by atoms with Crippen molar-refractivity contribution in [2.24, 2.45) is 5.41 Å². The first-order valence-electron chi connectivity index (χ1n) is 6.81. The maximum atomic E-state index is 12.0. The van der Waals surface area contributed by atoms with Crippen LogP contribution >= 0.6 is 0 Å². The topological polar surface area (TPSA) is 81.1 Å². The zero-order valence-corrected chi connectivity index (χ0v) is 11.8. The molecule has 0 aromatic carbocycles. The van der Waals surface area contributed by atoms with Gasteiger partial charge < -0.3 is 20.0 Å². The maximum absolute atomic E-state index is 12.0. The minimum atomic E-state index is -0.745. The Hall–Kier alpha value is -1.30. The van der Waals surface area contributed by atoms with Crippen LogP contribution in [0.1, 0.15) is 32.6 Å². The van der Waals surface area contributed by atoms with Crippen molar-refractivity contribution in [2.75, 3.05) is 33.3 Å². The average molecular weight is 272 g/mol. The molecule has 19 heavy (non-hydrogen) atoms. The van der Waals surface area contributed by atoms with Crippen LogP contribution in [0.15, 0.2) is 0 Å². The van der Waals surface area contributed by atoms with Crippen LogP contribution in [0.4, 0.5) is 4.79 Å². The van der Waals surface area contributed by atoms with E-state index in [9.17, 15) is 14.7 Å². The van der Waals surface area contributed by atoms with Crippen molar-refractivity contribution >= 4 is 12.0 Å². The van der Waals surface area contributed by atoms with Crippen LogP contribution in [0.25, 0.3) is 0 Å². The van der Waals surface area contributed by atoms with Gasteiger partial charge in [0, 0.05) is 26.7 Å². The van der Waals surface area contributed by atoms with Gasteiger partial charge in [0.1, 0.15) is 0 Å². The number of aliphatic hydroxyl groups excluding tert-OH is 1. The lowest BCUT2D eigenvalue weighted by Crippen LogP contribution is -2.50. The summed E-state index contributed by atoms with van der Waals surface area (Å²) in [4.78, 5) is 26.6. The molecule has 110 valence electrons. The molecule has 0 unspecified atom stereocenters. The molecule has 1 rings (SSSR count). The fraction of sp³-hybridized carbons (Fsp3) is 0.846. The molecule has 0 saturated carbocycles. The third-order valence-electron chi connectivity index (χ3n) is 3.94. The summed E-state index contributed by atoms with van der Waals surface area (Å²) >= 11 is 0. The molecule has 0 aliphatic carbocycles. The lowest BCUT2D eigenvalue weighted by molar-refractivity contribution is -0.152. The van der Waals surface area contributed by atoms with E-state index < -0.39 is 11.4 Å². The highest BCUT2D eigenvalue weighted by Gasteiger charge is 2.41. The third-order valence-corrected chi connectivity index (χ3v) is 3.94. The van der Waals surface area contributed by atoms with E-state index in [1.165, 1.54) is 4.90 Å². The van der Waals surface area contributed by atoms with Gasteiger partial charge in [0.2, 0.25) is 0 Å². The molecular formula is C13H24N2O4. The number of hydrogen-bond acceptors (Lipinski definition) is 3. The van der Waals surface area contributed by atoms with Gasteiger partial charge in [0.25, 0.3) is 0 Å². The van der Waals surface area contributed by atoms with E-state index in [-0.39, 0.29) is 12.6 Å². The fourth-order valence-electron chi connectivity index (χ4n) is 2.66. The lowest BCUT2D eigenvalue weighted by Gasteiger charge is -2.40. The Morgan fingerprint density at radius 2 is 1.89 bits per heavy atom. The van der Waals surface area contributed by atoms with Gasteiger partial charge in [0.15, 0.2) is 0 Å². The number of likely N-dealkylation sites (N-methyl/N-ethyl adjacent to an activating group) is 1. The lowest BCUT2D eigenvalue weighted by atomic mass is 9.75. The van der Waals surface area contributed by atoms with Crippen molar-refractivity contribution in [3.05, 3.63) is 0 Å². The van der Waals surface area contributed by atoms with Gasteiger partial charge in [-0.25, -0.2) is 4.79 Å². The molecule has 1 aliphatic rings. The summed E-state index contributed by atoms with van der Waals surface area (Å²) in [5, 5.41) is 18.2. The maximum Gasteiger partial charge on any atom is 0.319 e. The van der Waals surface area contributed by atoms with Gasteiger partial charge in [-0.2, -0.15) is 0 Å². The summed E-state index contributed by atoms with van der Waals surface area (Å²) in [5.41, 5.74) is -0.666. The number of carboxylic acid groups (broad SMARTS) is 1. The number of carbonyl (C=O) groups excluding carboxylic acids is 1. The standard InChI is InChI=1S/C13H24N2O4/c1-3-4-13(11(17)18)5-7-15(8-6-13)12(19)14(2)9-10-16/h16H,3-10H2,1-2H3,(H,17,18). The molecule has 1 fully saturated rings. The van der Waals surface area contributed by atoms with E-state index in [4.69, 9.17) is 5.11 Å². The largest absolute Gasteiger partial charge is 0.481 e. The highest BCUT2D eigenvalue weighted by Crippen LogP contribution is 2.36. The van der Waals surface area contributed by atoms with Gasteiger partial charge >= 0.3 is 12.0 Å². The van der Waals surface area contributed by atoms with E-state index >= 15 is 0 Å². The number of carbonyl (C=O) groups is 2. The molecule has 0 atom stereocenters. The number of rotatable bonds is 5. The summed E-state index contributed by atoms with van der Waals surface area (Å²) in [7, 11) is 1.64. The second-order valence-corrected chi connectivity index (χ2v) is 5.25. The summed E-state index contributed by atoms with van der Waals surface area (Å²) in [6.07, 6.45) is 2.52. The number of nitrogens with zero attached hydrogens (tertiary/aromatic N) is 2. The number of aliphatic hydroxyl groups is 1. The number of hydrogen-bond donors (Lipinski definition) is 2. The van der Waals surface area contributed by atoms with E-state index in [2.05, 4.69) is 0 Å². The Balaban J connectivity index is 2.60. The first-order chi connectivity index (χ1) is 8.96. The van der Waals surface area contributed by atoms with E-state index in [1.807, 2.05) is 6.92 Å². The molecule has 0 radical (unpaired) electrons. The molecule has 0 bridgehead atoms. The van der Waals surface area contributed by atoms with E-state index in [0.29, 0.717) is 38.9 Å². The highest BCUT2D eigenvalue weighted by molar-refractivity contribution is 5.77. The van der Waals surface area contributed by atoms with Crippen LogP contribution in [0, 0.1) is 5.41 Å². The predicted octanol–water partition coefficient (Wildman–Crippen LogP) is 0.997. The van der Waals surface area contributed by atoms with Crippen LogP contribution in [0.2, 0.25) is 0 Å². The van der Waals surface area contributed by atoms with Gasteiger partial charge in [-0.15, -0.1) is 0 Å². The second-order valence-electron chi connectivity index (χ2n) is 5.25. The Bertz CT molecular complexity index is 325. The first kappa shape index (κ1) is 15.8. The number of likely N-dealkylation sites (tertiary alicyclic amines) is 1. The molecule has 2 amide bonds. The van der Waals surface area contributed by atoms with Crippen LogP contribution < -0.4 is 0 Å². The van der Waals surface area contributed by atoms with Crippen molar-refractivity contribution < 1.29 is 19.8 Å². The summed E-state index contributed by atoms with van der Waals surface area (Å²) in [5.74, 6) is -0.745. The number of amides is 2. The number of aliphatic carboxylic acids is 1. The summed E-state index contributed by atoms with van der Waals surface area (Å²) in [6, 6.07) is -0.135. The van der Waals surface area contributed by atoms with Crippen LogP contribution in [0.3, 0.4) is 0 Å². The van der Waals surface area contributed by atoms with Gasteiger partial charge in [-0.1, -0.05) is 13.3 Å². The Morgan fingerprint density at radius 3 is 2.32 bits per heavy atom. The van der Waals surface area contributed by atoms with Crippen molar-refractivity contribution in [2.45, 2.75) is 32.6 Å². The Labute approximate surface area is 114 Å². The van der Waals surface area contributed by atoms with E-state index in [0.717, 1.165) is 6.42 Å². The van der Waals surface area contributed by atoms with Crippen molar-refractivity contribution in [1.29, 1.82) is 0 Å². The van der Waals surface area contributed by atoms with E-state index in [1.54, 1.807) is 11.9 Å². The van der Waals surface area contributed by atoms with Crippen molar-refractivity contribution in [1.82, 2.24) is 9.80 Å². The molecule has 2 N–H and O–H groups in total. The fourth-order valence-corrected chi connectivity index (χ4v) is 2.66. The second kappa shape index (κ2) is 6.75. The summed E-state index contributed by atoms with van der Waals surface area (Å²) < 4.78 is 0. The smallest absolute Gasteiger partial charge is 0.319 e. The molecule has 0 spiro atoms. The molecule has 1 heterocycles. The van der Waals surface area contributed by atoms with Crippen molar-refractivity contribution in [3.63, 3.8) is 0 Å². The predicted molar refractivity (Wildman–Crippen MR) is 70.9 cm³/mol. The molecular weight excluding hydrogens is 248 g/mol. The van der Waals surface area contributed by atoms with Gasteiger partial charge in [-0.3, -0.25) is 4.79 Å². The molecule has 0 aromatic rings. The molecule has 1 aliphatic heterocycles. The van der Waals surface area contributed by atoms with Crippen molar-refractivity contribution in [3.8, 4) is 0 Å². The Kier molecular flexibility index (Phi) is 5.60. The monoisotopic (exact) mass is 272 g/mol. The SMILES string of the molecule is CCCC1(C(=O)O)CCN(C(=O)N(C)CCO)CC1. The normalized spacial score (nSPS) is 18.2. The Morgan fingerprint density at radius 1 is 1.32 bits per heavy atom. The zero-order valence-electron chi connectivity index (χ0n) is 11.8. The number of carboxylic acids is 1. The average Bonchev–Trinajstić information content (AvgIpc) is 2.39.